The average molecular weight is 208 g/mol. The van der Waals surface area contributed by atoms with E-state index in [1.54, 1.807) is 7.05 Å². The van der Waals surface area contributed by atoms with Crippen LogP contribution in [-0.4, -0.2) is 7.05 Å². The zero-order valence-corrected chi connectivity index (χ0v) is 8.01. The molecular weight excluding hydrogens is 200 g/mol. The molecule has 0 saturated heterocycles. The van der Waals surface area contributed by atoms with E-state index in [2.05, 4.69) is 5.32 Å². The predicted molar refractivity (Wildman–Crippen MR) is 49.2 cm³/mol. The van der Waals surface area contributed by atoms with Gasteiger partial charge in [-0.3, -0.25) is 0 Å². The molecule has 0 heterocycles. The molecule has 1 rings (SSSR count). The van der Waals surface area contributed by atoms with Gasteiger partial charge in [-0.1, -0.05) is 23.2 Å². The average Bonchev–Trinajstić information content (AvgIpc) is 2.01. The second-order valence-electron chi connectivity index (χ2n) is 2.39. The van der Waals surface area contributed by atoms with Gasteiger partial charge in [0.05, 0.1) is 5.02 Å². The summed E-state index contributed by atoms with van der Waals surface area (Å²) in [5, 5.41) is 3.41. The Balaban J connectivity index is 3.05. The van der Waals surface area contributed by atoms with E-state index in [0.29, 0.717) is 17.1 Å². The van der Waals surface area contributed by atoms with Gasteiger partial charge in [0.2, 0.25) is 0 Å². The molecule has 0 aliphatic heterocycles. The summed E-state index contributed by atoms with van der Waals surface area (Å²) in [6, 6.07) is 2.74. The SMILES string of the molecule is CNCc1cc(F)c(Cl)cc1Cl. The fourth-order valence-electron chi connectivity index (χ4n) is 0.890. The number of nitrogens with one attached hydrogen (secondary N) is 1. The molecule has 66 valence electrons. The van der Waals surface area contributed by atoms with E-state index < -0.39 is 5.82 Å². The van der Waals surface area contributed by atoms with Crippen LogP contribution in [0.4, 0.5) is 4.39 Å². The highest BCUT2D eigenvalue weighted by Gasteiger charge is 2.05. The molecule has 4 heteroatoms. The monoisotopic (exact) mass is 207 g/mol. The topological polar surface area (TPSA) is 12.0 Å². The number of hydrogen-bond acceptors (Lipinski definition) is 1. The largest absolute Gasteiger partial charge is 0.316 e. The molecule has 1 aromatic rings. The van der Waals surface area contributed by atoms with Crippen LogP contribution in [0.5, 0.6) is 0 Å². The maximum atomic E-state index is 12.9. The van der Waals surface area contributed by atoms with Crippen molar-refractivity contribution >= 4 is 23.2 Å². The Kier molecular flexibility index (Phi) is 3.32. The van der Waals surface area contributed by atoms with Crippen molar-refractivity contribution in [2.45, 2.75) is 6.54 Å². The van der Waals surface area contributed by atoms with Gasteiger partial charge in [0.1, 0.15) is 5.82 Å². The van der Waals surface area contributed by atoms with E-state index in [9.17, 15) is 4.39 Å². The van der Waals surface area contributed by atoms with Crippen LogP contribution < -0.4 is 5.32 Å². The van der Waals surface area contributed by atoms with E-state index in [1.165, 1.54) is 12.1 Å². The Morgan fingerprint density at radius 3 is 2.58 bits per heavy atom. The Bertz CT molecular complexity index is 289. The summed E-state index contributed by atoms with van der Waals surface area (Å²) in [5.41, 5.74) is 0.709. The summed E-state index contributed by atoms with van der Waals surface area (Å²) >= 11 is 11.3. The third-order valence-corrected chi connectivity index (χ3v) is 2.10. The zero-order chi connectivity index (χ0) is 9.14. The molecule has 0 aromatic heterocycles. The van der Waals surface area contributed by atoms with Gasteiger partial charge in [0.15, 0.2) is 0 Å². The Morgan fingerprint density at radius 1 is 1.33 bits per heavy atom. The third kappa shape index (κ3) is 2.09. The molecule has 0 fully saturated rings. The Morgan fingerprint density at radius 2 is 2.00 bits per heavy atom. The van der Waals surface area contributed by atoms with Gasteiger partial charge in [0, 0.05) is 11.6 Å². The minimum atomic E-state index is -0.439. The van der Waals surface area contributed by atoms with Gasteiger partial charge in [-0.15, -0.1) is 0 Å². The molecule has 0 amide bonds. The fourth-order valence-corrected chi connectivity index (χ4v) is 1.34. The highest BCUT2D eigenvalue weighted by molar-refractivity contribution is 6.35. The summed E-state index contributed by atoms with van der Waals surface area (Å²) in [6.07, 6.45) is 0. The highest BCUT2D eigenvalue weighted by Crippen LogP contribution is 2.23. The molecule has 12 heavy (non-hydrogen) atoms. The quantitative estimate of drug-likeness (QED) is 0.736. The number of halogens is 3. The van der Waals surface area contributed by atoms with Crippen LogP contribution in [0, 0.1) is 5.82 Å². The van der Waals surface area contributed by atoms with Crippen molar-refractivity contribution in [3.05, 3.63) is 33.6 Å². The van der Waals surface area contributed by atoms with Crippen LogP contribution >= 0.6 is 23.2 Å². The number of hydrogen-bond donors (Lipinski definition) is 1. The van der Waals surface area contributed by atoms with Crippen molar-refractivity contribution in [2.75, 3.05) is 7.05 Å². The van der Waals surface area contributed by atoms with Crippen molar-refractivity contribution in [1.82, 2.24) is 5.32 Å². The first-order chi connectivity index (χ1) is 5.65. The van der Waals surface area contributed by atoms with Gasteiger partial charge >= 0.3 is 0 Å². The molecule has 1 nitrogen and oxygen atoms in total. The molecule has 1 N–H and O–H groups in total. The van der Waals surface area contributed by atoms with Crippen molar-refractivity contribution < 1.29 is 4.39 Å². The highest BCUT2D eigenvalue weighted by atomic mass is 35.5. The first-order valence-electron chi connectivity index (χ1n) is 3.43. The first kappa shape index (κ1) is 9.78. The number of rotatable bonds is 2. The van der Waals surface area contributed by atoms with Gasteiger partial charge in [-0.25, -0.2) is 4.39 Å². The molecule has 0 atom stereocenters. The van der Waals surface area contributed by atoms with Gasteiger partial charge in [-0.2, -0.15) is 0 Å². The molecule has 0 unspecified atom stereocenters. The fraction of sp³-hybridized carbons (Fsp3) is 0.250. The van der Waals surface area contributed by atoms with Crippen LogP contribution in [0.3, 0.4) is 0 Å². The molecular formula is C8H8Cl2FN. The summed E-state index contributed by atoms with van der Waals surface area (Å²) in [5.74, 6) is -0.439. The van der Waals surface area contributed by atoms with E-state index in [1.807, 2.05) is 0 Å². The van der Waals surface area contributed by atoms with Crippen LogP contribution in [0.15, 0.2) is 12.1 Å². The normalized spacial score (nSPS) is 10.3. The summed E-state index contributed by atoms with van der Waals surface area (Å²) in [6.45, 7) is 0.535. The van der Waals surface area contributed by atoms with E-state index in [4.69, 9.17) is 23.2 Å². The number of benzene rings is 1. The van der Waals surface area contributed by atoms with Gasteiger partial charge < -0.3 is 5.32 Å². The third-order valence-electron chi connectivity index (χ3n) is 1.46. The Labute approximate surface area is 80.5 Å². The lowest BCUT2D eigenvalue weighted by molar-refractivity contribution is 0.624. The van der Waals surface area contributed by atoms with Crippen LogP contribution in [-0.2, 0) is 6.54 Å². The minimum absolute atomic E-state index is 0.0554. The second kappa shape index (κ2) is 4.08. The predicted octanol–water partition coefficient (Wildman–Crippen LogP) is 2.85. The molecule has 0 saturated carbocycles. The maximum Gasteiger partial charge on any atom is 0.142 e. The molecule has 0 radical (unpaired) electrons. The summed E-state index contributed by atoms with van der Waals surface area (Å²) in [4.78, 5) is 0. The van der Waals surface area contributed by atoms with E-state index in [-0.39, 0.29) is 5.02 Å². The Hall–Kier alpha value is -0.310. The van der Waals surface area contributed by atoms with Crippen LogP contribution in [0.25, 0.3) is 0 Å². The molecule has 0 spiro atoms. The van der Waals surface area contributed by atoms with Gasteiger partial charge in [-0.05, 0) is 24.7 Å². The van der Waals surface area contributed by atoms with Gasteiger partial charge in [0.25, 0.3) is 0 Å². The van der Waals surface area contributed by atoms with Crippen molar-refractivity contribution in [3.63, 3.8) is 0 Å². The summed E-state index contributed by atoms with van der Waals surface area (Å²) in [7, 11) is 1.77. The summed E-state index contributed by atoms with van der Waals surface area (Å²) < 4.78 is 12.9. The lowest BCUT2D eigenvalue weighted by Gasteiger charge is -2.04. The minimum Gasteiger partial charge on any atom is -0.316 e. The van der Waals surface area contributed by atoms with E-state index in [0.717, 1.165) is 0 Å². The van der Waals surface area contributed by atoms with Crippen molar-refractivity contribution in [1.29, 1.82) is 0 Å². The van der Waals surface area contributed by atoms with Crippen molar-refractivity contribution in [3.8, 4) is 0 Å². The standard InChI is InChI=1S/C8H8Cl2FN/c1-12-4-5-2-8(11)7(10)3-6(5)9/h2-3,12H,4H2,1H3. The lowest BCUT2D eigenvalue weighted by atomic mass is 10.2. The van der Waals surface area contributed by atoms with Crippen LogP contribution in [0.1, 0.15) is 5.56 Å². The second-order valence-corrected chi connectivity index (χ2v) is 3.20. The molecule has 0 aliphatic rings. The molecule has 0 bridgehead atoms. The first-order valence-corrected chi connectivity index (χ1v) is 4.18. The van der Waals surface area contributed by atoms with Crippen LogP contribution in [0.2, 0.25) is 10.0 Å². The maximum absolute atomic E-state index is 12.9. The van der Waals surface area contributed by atoms with Crippen molar-refractivity contribution in [2.24, 2.45) is 0 Å². The molecule has 0 aliphatic carbocycles. The molecule has 1 aromatic carbocycles. The lowest BCUT2D eigenvalue weighted by Crippen LogP contribution is -2.05. The zero-order valence-electron chi connectivity index (χ0n) is 6.50. The smallest absolute Gasteiger partial charge is 0.142 e. The van der Waals surface area contributed by atoms with E-state index >= 15 is 0 Å².